The molecule has 103 heavy (non-hydrogen) atoms. The first-order valence-corrected chi connectivity index (χ1v) is 33.1. The Morgan fingerprint density at radius 3 is 1.02 bits per heavy atom. The van der Waals surface area contributed by atoms with E-state index < -0.39 is 5.97 Å². The number of benzene rings is 4. The second-order valence-corrected chi connectivity index (χ2v) is 25.8. The van der Waals surface area contributed by atoms with Gasteiger partial charge in [0, 0.05) is 115 Å². The molecule has 6 fully saturated rings. The molecule has 0 radical (unpaired) electrons. The van der Waals surface area contributed by atoms with Crippen molar-refractivity contribution in [1.29, 1.82) is 11.1 Å². The van der Waals surface area contributed by atoms with Crippen LogP contribution in [-0.4, -0.2) is 163 Å². The summed E-state index contributed by atoms with van der Waals surface area (Å²) in [5.41, 5.74) is 23.1. The molecule has 0 unspecified atom stereocenters. The van der Waals surface area contributed by atoms with E-state index in [1.165, 1.54) is 0 Å². The molecule has 4 aromatic carbocycles. The molecule has 4 saturated carbocycles. The summed E-state index contributed by atoms with van der Waals surface area (Å²) in [6.45, 7) is 3.33. The van der Waals surface area contributed by atoms with E-state index >= 15 is 0 Å². The second kappa shape index (κ2) is 34.4. The van der Waals surface area contributed by atoms with Gasteiger partial charge in [-0.05, 0) is 65.5 Å². The van der Waals surface area contributed by atoms with Gasteiger partial charge < -0.3 is 64.2 Å². The van der Waals surface area contributed by atoms with Crippen molar-refractivity contribution < 1.29 is 71.4 Å². The van der Waals surface area contributed by atoms with Gasteiger partial charge in [0.05, 0.1) is 17.8 Å². The highest BCUT2D eigenvalue weighted by atomic mass is 16.5. The van der Waals surface area contributed by atoms with Crippen molar-refractivity contribution >= 4 is 47.3 Å². The number of hydrazine groups is 2. The number of carboxylic acid groups (broad SMARTS) is 1. The number of carbonyl (C=O) groups excluding carboxylic acids is 7. The molecule has 4 aliphatic carbocycles. The van der Waals surface area contributed by atoms with Gasteiger partial charge in [0.25, 0.3) is 23.6 Å². The fraction of sp³-hybridized carbons (Fsp3) is 0.343. The highest BCUT2D eigenvalue weighted by molar-refractivity contribution is 5.95. The summed E-state index contributed by atoms with van der Waals surface area (Å²) >= 11 is 0. The minimum Gasteiger partial charge on any atom is -0.481 e. The van der Waals surface area contributed by atoms with E-state index in [0.29, 0.717) is 86.2 Å². The lowest BCUT2D eigenvalue weighted by molar-refractivity contribution is -0.145. The molecule has 7 heterocycles. The topological polar surface area (TPSA) is 496 Å². The maximum atomic E-state index is 12.4. The average molecular weight is 1410 g/mol. The van der Waals surface area contributed by atoms with E-state index in [-0.39, 0.29) is 124 Å². The maximum Gasteiger partial charge on any atom is 0.306 e. The Balaban J connectivity index is 0.000000147. The normalized spacial score (nSPS) is 20.7. The number of carboxylic acids is 1. The molecule has 0 bridgehead atoms. The number of hydrogen-bond acceptors (Lipinski definition) is 24. The summed E-state index contributed by atoms with van der Waals surface area (Å²) in [5.74, 6) is 4.18. The van der Waals surface area contributed by atoms with Crippen LogP contribution in [0.2, 0.25) is 0 Å². The Hall–Kier alpha value is -11.9. The summed E-state index contributed by atoms with van der Waals surface area (Å²) in [6, 6.07) is 44.2. The number of likely N-dealkylation sites (tertiary alicyclic amines) is 2. The number of nitrogens with zero attached hydrogens (tertiary/aromatic N) is 8. The zero-order chi connectivity index (χ0) is 71.8. The Morgan fingerprint density at radius 1 is 0.417 bits per heavy atom. The quantitative estimate of drug-likeness (QED) is 0.0217. The number of aliphatic carboxylic acids is 1. The summed E-state index contributed by atoms with van der Waals surface area (Å²) in [4.78, 5) is 99.0. The highest BCUT2D eigenvalue weighted by Gasteiger charge is 2.41. The van der Waals surface area contributed by atoms with Crippen molar-refractivity contribution in [3.63, 3.8) is 0 Å². The molecule has 0 atom stereocenters. The predicted molar refractivity (Wildman–Crippen MR) is 364 cm³/mol. The SMILES string of the molecule is CN1CC(C(=O)NNC(=O)C2CC(NC(=O)c3cc(-c4ccccc4)no3)C2)C1.CN1CC(c2nnc(C3CC(NC(=O)c4cc(-c5ccccc5)no4)C3)o2)C1.N=N.NNC(=O)C1CC(NC(=O)c2cc(-c3ccccc3)no2)C1.O.O=C(NC1CC(C(=O)O)C1)c1cc(-c2ccccc2)no1. The predicted octanol–water partition coefficient (Wildman–Crippen LogP) is 5.53. The Morgan fingerprint density at radius 2 is 0.709 bits per heavy atom. The third-order valence-corrected chi connectivity index (χ3v) is 18.3. The van der Waals surface area contributed by atoms with Gasteiger partial charge in [-0.3, -0.25) is 54.6 Å². The minimum absolute atomic E-state index is 0. The first kappa shape index (κ1) is 73.8. The van der Waals surface area contributed by atoms with Gasteiger partial charge in [-0.1, -0.05) is 142 Å². The first-order chi connectivity index (χ1) is 49.4. The van der Waals surface area contributed by atoms with E-state index in [4.69, 9.17) is 44.5 Å². The van der Waals surface area contributed by atoms with Crippen LogP contribution in [0.4, 0.5) is 0 Å². The molecule has 2 saturated heterocycles. The van der Waals surface area contributed by atoms with Crippen molar-refractivity contribution in [2.24, 2.45) is 29.5 Å². The third-order valence-electron chi connectivity index (χ3n) is 18.3. The van der Waals surface area contributed by atoms with Crippen molar-refractivity contribution in [2.75, 3.05) is 40.3 Å². The number of rotatable bonds is 18. The van der Waals surface area contributed by atoms with Gasteiger partial charge in [-0.15, -0.1) is 10.2 Å². The highest BCUT2D eigenvalue weighted by Crippen LogP contribution is 2.38. The molecule has 7 amide bonds. The largest absolute Gasteiger partial charge is 0.481 e. The van der Waals surface area contributed by atoms with Crippen molar-refractivity contribution in [3.8, 4) is 45.0 Å². The van der Waals surface area contributed by atoms with E-state index in [9.17, 15) is 38.4 Å². The molecule has 9 aromatic rings. The molecular formula is C70H78N18O15. The smallest absolute Gasteiger partial charge is 0.306 e. The standard InChI is InChI=1S/C20H23N5O4.C20H21N5O3.C15H16N4O3.C15H14N2O4.H2N2.H2O/c1-25-10-14(11-25)19(27)23-22-18(26)13-7-15(8-13)21-20(28)17-9-16(24-29-17)12-5-3-2-4-6-12;1-25-10-14(11-25)20-23-22-19(27-20)13-7-15(8-13)21-18(26)17-9-16(24-28-17)12-5-3-2-4-6-12;16-18-14(20)10-6-11(7-10)17-15(21)13-8-12(19-22-13)9-4-2-1-3-5-9;18-14(16-11-6-10(7-11)15(19)20)13-8-12(17-21-13)9-4-2-1-3-5-9;1-2;/h2-6,9,13-15H,7-8,10-11H2,1H3,(H,21,28)(H,22,26)(H,23,27);2-6,9,13-15H,7-8,10-11H2,1H3,(H,21,26);1-5,8,10-11H,6-7,16H2,(H,17,21)(H,18,20);1-5,8,10-11H,6-7H2,(H,16,18)(H,19,20);1-2H;1H2. The lowest BCUT2D eigenvalue weighted by Crippen LogP contribution is -2.57. The van der Waals surface area contributed by atoms with Gasteiger partial charge in [0.1, 0.15) is 22.8 Å². The van der Waals surface area contributed by atoms with Crippen LogP contribution in [0.3, 0.4) is 0 Å². The summed E-state index contributed by atoms with van der Waals surface area (Å²) in [7, 11) is 4.01. The van der Waals surface area contributed by atoms with Gasteiger partial charge in [0.2, 0.25) is 52.5 Å². The second-order valence-electron chi connectivity index (χ2n) is 25.8. The molecular weight excluding hydrogens is 1330 g/mol. The molecule has 2 aliphatic heterocycles. The summed E-state index contributed by atoms with van der Waals surface area (Å²) in [6.07, 6.45) is 4.68. The van der Waals surface area contributed by atoms with E-state index in [1.54, 1.807) is 24.3 Å². The number of carbonyl (C=O) groups is 8. The fourth-order valence-corrected chi connectivity index (χ4v) is 12.1. The lowest BCUT2D eigenvalue weighted by atomic mass is 9.79. The Bertz CT molecular complexity index is 4320. The first-order valence-electron chi connectivity index (χ1n) is 33.1. The number of aromatic nitrogens is 6. The van der Waals surface area contributed by atoms with Gasteiger partial charge in [-0.2, -0.15) is 0 Å². The monoisotopic (exact) mass is 1410 g/mol. The van der Waals surface area contributed by atoms with Crippen molar-refractivity contribution in [1.82, 2.24) is 78.2 Å². The Kier molecular flexibility index (Phi) is 24.7. The molecule has 15 rings (SSSR count). The summed E-state index contributed by atoms with van der Waals surface area (Å²) in [5, 5.41) is 44.3. The molecule has 538 valence electrons. The van der Waals surface area contributed by atoms with Crippen LogP contribution < -0.4 is 43.4 Å². The van der Waals surface area contributed by atoms with Crippen molar-refractivity contribution in [3.05, 3.63) is 180 Å². The zero-order valence-electron chi connectivity index (χ0n) is 56.0. The zero-order valence-corrected chi connectivity index (χ0v) is 56.0. The van der Waals surface area contributed by atoms with Crippen LogP contribution >= 0.6 is 0 Å². The summed E-state index contributed by atoms with van der Waals surface area (Å²) < 4.78 is 26.3. The van der Waals surface area contributed by atoms with Crippen LogP contribution in [0.1, 0.15) is 117 Å². The van der Waals surface area contributed by atoms with Crippen LogP contribution in [0, 0.1) is 34.7 Å². The van der Waals surface area contributed by atoms with E-state index in [2.05, 4.69) is 80.3 Å². The Labute approximate surface area is 588 Å². The number of amides is 7. The average Bonchev–Trinajstić information content (AvgIpc) is 1.71. The van der Waals surface area contributed by atoms with Crippen LogP contribution in [0.15, 0.2) is 168 Å². The molecule has 6 aliphatic rings. The third kappa shape index (κ3) is 18.9. The molecule has 33 nitrogen and oxygen atoms in total. The number of likely N-dealkylation sites (N-methyl/N-ethyl adjacent to an activating group) is 1. The molecule has 0 spiro atoms. The van der Waals surface area contributed by atoms with E-state index in [0.717, 1.165) is 54.1 Å². The van der Waals surface area contributed by atoms with Gasteiger partial charge >= 0.3 is 5.97 Å². The lowest BCUT2D eigenvalue weighted by Gasteiger charge is -2.36. The van der Waals surface area contributed by atoms with Crippen LogP contribution in [-0.2, 0) is 19.2 Å². The van der Waals surface area contributed by atoms with Gasteiger partial charge in [-0.25, -0.2) is 16.9 Å². The number of nitrogens with two attached hydrogens (primary N) is 1. The fourth-order valence-electron chi connectivity index (χ4n) is 12.1. The maximum absolute atomic E-state index is 12.4. The number of hydrogen-bond donors (Lipinski definition) is 11. The van der Waals surface area contributed by atoms with Crippen molar-refractivity contribution in [2.45, 2.75) is 87.4 Å². The minimum atomic E-state index is -0.813. The van der Waals surface area contributed by atoms with Crippen LogP contribution in [0.25, 0.3) is 45.0 Å². The molecule has 33 heteroatoms. The molecule has 5 aromatic heterocycles. The van der Waals surface area contributed by atoms with Gasteiger partial charge in [0.15, 0.2) is 0 Å². The van der Waals surface area contributed by atoms with Crippen LogP contribution in [0.5, 0.6) is 0 Å². The number of nitrogens with one attached hydrogen (secondary N) is 9. The van der Waals surface area contributed by atoms with E-state index in [1.807, 2.05) is 133 Å². The molecule has 14 N–H and O–H groups in total.